The van der Waals surface area contributed by atoms with Gasteiger partial charge < -0.3 is 5.32 Å². The van der Waals surface area contributed by atoms with Crippen molar-refractivity contribution in [3.05, 3.63) is 108 Å². The number of rotatable bonds is 7. The molecular weight excluding hydrogens is 436 g/mol. The minimum atomic E-state index is -0.0982. The van der Waals surface area contributed by atoms with E-state index in [4.69, 9.17) is 5.10 Å². The van der Waals surface area contributed by atoms with Crippen molar-refractivity contribution in [2.24, 2.45) is 0 Å². The Hall–Kier alpha value is -4.19. The van der Waals surface area contributed by atoms with E-state index < -0.39 is 0 Å². The van der Waals surface area contributed by atoms with Crippen molar-refractivity contribution in [1.29, 1.82) is 0 Å². The molecule has 1 N–H and O–H groups in total. The first-order chi connectivity index (χ1) is 17.1. The average molecular weight is 465 g/mol. The number of benzene rings is 3. The highest BCUT2D eigenvalue weighted by Crippen LogP contribution is 2.29. The van der Waals surface area contributed by atoms with Crippen molar-refractivity contribution >= 4 is 17.6 Å². The number of aryl methyl sites for hydroxylation is 1. The van der Waals surface area contributed by atoms with Crippen LogP contribution in [0.3, 0.4) is 0 Å². The van der Waals surface area contributed by atoms with Crippen molar-refractivity contribution in [2.75, 3.05) is 11.4 Å². The summed E-state index contributed by atoms with van der Waals surface area (Å²) in [6.07, 6.45) is 0.420. The van der Waals surface area contributed by atoms with E-state index in [1.807, 2.05) is 83.5 Å². The molecule has 4 aromatic rings. The maximum absolute atomic E-state index is 12.8. The molecular formula is C29H28N4O2. The lowest BCUT2D eigenvalue weighted by molar-refractivity contribution is -0.119. The van der Waals surface area contributed by atoms with Crippen molar-refractivity contribution in [2.45, 2.75) is 32.4 Å². The summed E-state index contributed by atoms with van der Waals surface area (Å²) in [7, 11) is 0. The van der Waals surface area contributed by atoms with Crippen molar-refractivity contribution < 1.29 is 9.59 Å². The quantitative estimate of drug-likeness (QED) is 0.418. The summed E-state index contributed by atoms with van der Waals surface area (Å²) >= 11 is 0. The van der Waals surface area contributed by atoms with E-state index in [1.54, 1.807) is 4.90 Å². The molecule has 0 saturated carbocycles. The highest BCUT2D eigenvalue weighted by molar-refractivity contribution is 5.95. The van der Waals surface area contributed by atoms with Crippen LogP contribution in [0.2, 0.25) is 0 Å². The zero-order valence-corrected chi connectivity index (χ0v) is 19.7. The monoisotopic (exact) mass is 464 g/mol. The predicted molar refractivity (Wildman–Crippen MR) is 137 cm³/mol. The molecule has 3 aromatic carbocycles. The fourth-order valence-corrected chi connectivity index (χ4v) is 4.36. The lowest BCUT2D eigenvalue weighted by Gasteiger charge is -2.27. The zero-order chi connectivity index (χ0) is 24.2. The predicted octanol–water partition coefficient (Wildman–Crippen LogP) is 5.02. The molecule has 6 heteroatoms. The summed E-state index contributed by atoms with van der Waals surface area (Å²) in [6, 6.07) is 29.6. The van der Waals surface area contributed by atoms with Gasteiger partial charge in [-0.25, -0.2) is 4.68 Å². The van der Waals surface area contributed by atoms with Gasteiger partial charge in [0.15, 0.2) is 0 Å². The van der Waals surface area contributed by atoms with E-state index in [0.29, 0.717) is 31.6 Å². The average Bonchev–Trinajstić information content (AvgIpc) is 3.35. The Morgan fingerprint density at radius 2 is 1.66 bits per heavy atom. The molecule has 1 unspecified atom stereocenters. The van der Waals surface area contributed by atoms with Gasteiger partial charge in [0, 0.05) is 30.2 Å². The van der Waals surface area contributed by atoms with Crippen LogP contribution in [0.15, 0.2) is 91.0 Å². The number of aromatic nitrogens is 2. The summed E-state index contributed by atoms with van der Waals surface area (Å²) in [6.45, 7) is 3.69. The van der Waals surface area contributed by atoms with E-state index in [9.17, 15) is 9.59 Å². The molecule has 5 rings (SSSR count). The normalized spacial score (nSPS) is 13.9. The highest BCUT2D eigenvalue weighted by atomic mass is 16.2. The molecule has 0 aliphatic carbocycles. The van der Waals surface area contributed by atoms with Gasteiger partial charge in [-0.1, -0.05) is 79.7 Å². The van der Waals surface area contributed by atoms with E-state index in [1.165, 1.54) is 5.56 Å². The van der Waals surface area contributed by atoms with Crippen LogP contribution >= 0.6 is 0 Å². The van der Waals surface area contributed by atoms with Gasteiger partial charge >= 0.3 is 0 Å². The zero-order valence-electron chi connectivity index (χ0n) is 19.7. The van der Waals surface area contributed by atoms with E-state index in [2.05, 4.69) is 24.4 Å². The van der Waals surface area contributed by atoms with Crippen LogP contribution in [0.4, 0.5) is 5.82 Å². The van der Waals surface area contributed by atoms with Crippen LogP contribution in [0.25, 0.3) is 11.3 Å². The number of fused-ring (bicyclic) bond motifs is 1. The molecule has 1 aliphatic rings. The number of nitrogens with one attached hydrogen (secondary N) is 1. The van der Waals surface area contributed by atoms with Gasteiger partial charge in [0.25, 0.3) is 5.91 Å². The standard InChI is InChI=1S/C29H28N4O2/c1-21(23-8-4-2-5-9-23)19-30-29(35)25-14-12-22(13-15-25)20-32-27-18-26(24-10-6-3-7-11-24)31-33(27)17-16-28(32)34/h2-15,18,21H,16-17,19-20H2,1H3,(H,30,35). The van der Waals surface area contributed by atoms with Crippen LogP contribution < -0.4 is 10.2 Å². The molecule has 0 radical (unpaired) electrons. The highest BCUT2D eigenvalue weighted by Gasteiger charge is 2.26. The Labute approximate surface area is 205 Å². The first-order valence-electron chi connectivity index (χ1n) is 11.9. The van der Waals surface area contributed by atoms with Crippen molar-refractivity contribution in [1.82, 2.24) is 15.1 Å². The SMILES string of the molecule is CC(CNC(=O)c1ccc(CN2C(=O)CCn3nc(-c4ccccc4)cc32)cc1)c1ccccc1. The maximum atomic E-state index is 12.8. The molecule has 2 amide bonds. The number of carbonyl (C=O) groups excluding carboxylic acids is 2. The molecule has 1 atom stereocenters. The molecule has 0 fully saturated rings. The largest absolute Gasteiger partial charge is 0.351 e. The molecule has 2 heterocycles. The minimum absolute atomic E-state index is 0.0775. The van der Waals surface area contributed by atoms with Crippen LogP contribution in [0, 0.1) is 0 Å². The fraction of sp³-hybridized carbons (Fsp3) is 0.207. The third kappa shape index (κ3) is 5.01. The van der Waals surface area contributed by atoms with Gasteiger partial charge in [-0.05, 0) is 29.2 Å². The van der Waals surface area contributed by atoms with Gasteiger partial charge in [-0.15, -0.1) is 0 Å². The molecule has 1 aromatic heterocycles. The molecule has 0 bridgehead atoms. The number of hydrogen-bond acceptors (Lipinski definition) is 3. The Balaban J connectivity index is 1.25. The van der Waals surface area contributed by atoms with Crippen LogP contribution in [-0.2, 0) is 17.9 Å². The van der Waals surface area contributed by atoms with Crippen molar-refractivity contribution in [3.63, 3.8) is 0 Å². The third-order valence-corrected chi connectivity index (χ3v) is 6.44. The Morgan fingerprint density at radius 3 is 2.37 bits per heavy atom. The van der Waals surface area contributed by atoms with E-state index in [0.717, 1.165) is 22.6 Å². The molecule has 176 valence electrons. The summed E-state index contributed by atoms with van der Waals surface area (Å²) in [5.41, 5.74) is 4.65. The number of carbonyl (C=O) groups is 2. The molecule has 6 nitrogen and oxygen atoms in total. The summed E-state index contributed by atoms with van der Waals surface area (Å²) in [4.78, 5) is 27.2. The summed E-state index contributed by atoms with van der Waals surface area (Å²) < 4.78 is 1.90. The molecule has 1 aliphatic heterocycles. The van der Waals surface area contributed by atoms with Gasteiger partial charge in [-0.3, -0.25) is 14.5 Å². The topological polar surface area (TPSA) is 67.2 Å². The van der Waals surface area contributed by atoms with Crippen LogP contribution in [0.5, 0.6) is 0 Å². The lowest BCUT2D eigenvalue weighted by Crippen LogP contribution is -2.36. The maximum Gasteiger partial charge on any atom is 0.251 e. The van der Waals surface area contributed by atoms with Crippen LogP contribution in [0.1, 0.15) is 40.7 Å². The van der Waals surface area contributed by atoms with E-state index in [-0.39, 0.29) is 17.7 Å². The van der Waals surface area contributed by atoms with Gasteiger partial charge in [0.05, 0.1) is 18.8 Å². The second-order valence-corrected chi connectivity index (χ2v) is 8.93. The number of amides is 2. The Morgan fingerprint density at radius 1 is 0.971 bits per heavy atom. The molecule has 0 spiro atoms. The second-order valence-electron chi connectivity index (χ2n) is 8.93. The van der Waals surface area contributed by atoms with Gasteiger partial charge in [0.1, 0.15) is 5.82 Å². The first kappa shape index (κ1) is 22.6. The molecule has 0 saturated heterocycles. The third-order valence-electron chi connectivity index (χ3n) is 6.44. The number of nitrogens with zero attached hydrogens (tertiary/aromatic N) is 3. The second kappa shape index (κ2) is 9.97. The molecule has 35 heavy (non-hydrogen) atoms. The van der Waals surface area contributed by atoms with E-state index >= 15 is 0 Å². The fourth-order valence-electron chi connectivity index (χ4n) is 4.36. The van der Waals surface area contributed by atoms with Gasteiger partial charge in [-0.2, -0.15) is 5.10 Å². The van der Waals surface area contributed by atoms with Crippen LogP contribution in [-0.4, -0.2) is 28.1 Å². The Kier molecular flexibility index (Phi) is 6.44. The minimum Gasteiger partial charge on any atom is -0.351 e. The van der Waals surface area contributed by atoms with Gasteiger partial charge in [0.2, 0.25) is 5.91 Å². The van der Waals surface area contributed by atoms with Crippen molar-refractivity contribution in [3.8, 4) is 11.3 Å². The Bertz CT molecular complexity index is 1310. The number of anilines is 1. The summed E-state index contributed by atoms with van der Waals surface area (Å²) in [5, 5.41) is 7.73. The number of hydrogen-bond donors (Lipinski definition) is 1. The smallest absolute Gasteiger partial charge is 0.251 e. The first-order valence-corrected chi connectivity index (χ1v) is 11.9. The summed E-state index contributed by atoms with van der Waals surface area (Å²) in [5.74, 6) is 1.01. The lowest BCUT2D eigenvalue weighted by atomic mass is 10.0.